The molecular formula is C18H19N5O4S. The lowest BCUT2D eigenvalue weighted by Crippen LogP contribution is -2.49. The second-order valence-electron chi connectivity index (χ2n) is 6.72. The number of fused-ring (bicyclic) bond motifs is 1. The van der Waals surface area contributed by atoms with Gasteiger partial charge in [-0.25, -0.2) is 13.4 Å². The molecule has 1 saturated heterocycles. The van der Waals surface area contributed by atoms with E-state index in [1.165, 1.54) is 28.6 Å². The number of rotatable bonds is 4. The van der Waals surface area contributed by atoms with E-state index in [9.17, 15) is 18.5 Å². The first-order chi connectivity index (χ1) is 13.3. The Balaban J connectivity index is 1.48. The summed E-state index contributed by atoms with van der Waals surface area (Å²) in [5.41, 5.74) is 2.84. The molecule has 9 nitrogen and oxygen atoms in total. The van der Waals surface area contributed by atoms with Crippen molar-refractivity contribution in [3.63, 3.8) is 0 Å². The fraction of sp³-hybridized carbons (Fsp3) is 0.278. The van der Waals surface area contributed by atoms with E-state index in [0.717, 1.165) is 22.5 Å². The number of nitro groups is 1. The summed E-state index contributed by atoms with van der Waals surface area (Å²) >= 11 is 0. The lowest BCUT2D eigenvalue weighted by molar-refractivity contribution is -0.384. The second-order valence-corrected chi connectivity index (χ2v) is 8.66. The minimum Gasteiger partial charge on any atom is -0.340 e. The lowest BCUT2D eigenvalue weighted by Gasteiger charge is -2.33. The number of aromatic amines is 1. The Morgan fingerprint density at radius 2 is 1.75 bits per heavy atom. The minimum absolute atomic E-state index is 0.0609. The van der Waals surface area contributed by atoms with Crippen LogP contribution in [0.5, 0.6) is 0 Å². The highest BCUT2D eigenvalue weighted by Crippen LogP contribution is 2.23. The summed E-state index contributed by atoms with van der Waals surface area (Å²) in [7, 11) is -3.69. The van der Waals surface area contributed by atoms with E-state index in [1.807, 2.05) is 30.0 Å². The quantitative estimate of drug-likeness (QED) is 0.530. The zero-order chi connectivity index (χ0) is 19.9. The fourth-order valence-electron chi connectivity index (χ4n) is 3.29. The van der Waals surface area contributed by atoms with Gasteiger partial charge >= 0.3 is 0 Å². The monoisotopic (exact) mass is 401 g/mol. The van der Waals surface area contributed by atoms with Gasteiger partial charge in [0.05, 0.1) is 20.9 Å². The number of sulfonamides is 1. The van der Waals surface area contributed by atoms with Gasteiger partial charge in [0, 0.05) is 38.3 Å². The number of anilines is 1. The number of piperazine rings is 1. The van der Waals surface area contributed by atoms with Gasteiger partial charge < -0.3 is 9.88 Å². The maximum atomic E-state index is 12.8. The number of benzene rings is 2. The topological polar surface area (TPSA) is 112 Å². The first-order valence-electron chi connectivity index (χ1n) is 8.80. The van der Waals surface area contributed by atoms with Gasteiger partial charge in [0.15, 0.2) is 0 Å². The number of hydrogen-bond donors (Lipinski definition) is 1. The van der Waals surface area contributed by atoms with Crippen LogP contribution in [0, 0.1) is 17.0 Å². The molecule has 4 rings (SSSR count). The normalized spacial score (nSPS) is 15.8. The zero-order valence-electron chi connectivity index (χ0n) is 15.2. The fourth-order valence-corrected chi connectivity index (χ4v) is 4.71. The Labute approximate surface area is 161 Å². The number of nitro benzene ring substituents is 1. The summed E-state index contributed by atoms with van der Waals surface area (Å²) < 4.78 is 27.0. The highest BCUT2D eigenvalue weighted by atomic mass is 32.2. The predicted molar refractivity (Wildman–Crippen MR) is 105 cm³/mol. The van der Waals surface area contributed by atoms with Crippen LogP contribution in [0.1, 0.15) is 5.56 Å². The van der Waals surface area contributed by atoms with Gasteiger partial charge in [0.1, 0.15) is 0 Å². The largest absolute Gasteiger partial charge is 0.340 e. The van der Waals surface area contributed by atoms with E-state index >= 15 is 0 Å². The minimum atomic E-state index is -3.69. The standard InChI is InChI=1S/C18H19N5O4S/c1-13-2-7-16-17(12-13)20-18(19-16)21-8-10-22(11-9-21)28(26,27)15-5-3-14(4-6-15)23(24)25/h2-7,12H,8-11H2,1H3,(H,19,20). The maximum Gasteiger partial charge on any atom is 0.269 e. The van der Waals surface area contributed by atoms with Crippen LogP contribution in [0.15, 0.2) is 47.4 Å². The van der Waals surface area contributed by atoms with Gasteiger partial charge in [0.25, 0.3) is 5.69 Å². The van der Waals surface area contributed by atoms with E-state index in [2.05, 4.69) is 9.97 Å². The van der Waals surface area contributed by atoms with Crippen LogP contribution in [0.3, 0.4) is 0 Å². The van der Waals surface area contributed by atoms with Crippen molar-refractivity contribution in [3.05, 3.63) is 58.1 Å². The van der Waals surface area contributed by atoms with E-state index in [0.29, 0.717) is 26.2 Å². The van der Waals surface area contributed by atoms with Gasteiger partial charge in [-0.1, -0.05) is 6.07 Å². The molecule has 1 aromatic heterocycles. The number of aromatic nitrogens is 2. The highest BCUT2D eigenvalue weighted by molar-refractivity contribution is 7.89. The summed E-state index contributed by atoms with van der Waals surface area (Å²) in [5.74, 6) is 0.730. The van der Waals surface area contributed by atoms with Crippen molar-refractivity contribution in [3.8, 4) is 0 Å². The molecule has 0 bridgehead atoms. The molecule has 10 heteroatoms. The van der Waals surface area contributed by atoms with Crippen LogP contribution in [0.4, 0.5) is 11.6 Å². The van der Waals surface area contributed by atoms with E-state index < -0.39 is 14.9 Å². The summed E-state index contributed by atoms with van der Waals surface area (Å²) in [6.07, 6.45) is 0. The first-order valence-corrected chi connectivity index (χ1v) is 10.2. The molecule has 0 atom stereocenters. The third-order valence-electron chi connectivity index (χ3n) is 4.85. The average molecular weight is 401 g/mol. The van der Waals surface area contributed by atoms with Gasteiger partial charge in [-0.2, -0.15) is 4.31 Å². The number of nitrogens with one attached hydrogen (secondary N) is 1. The van der Waals surface area contributed by atoms with Gasteiger partial charge in [-0.05, 0) is 36.8 Å². The molecule has 2 heterocycles. The number of imidazole rings is 1. The molecule has 0 aliphatic carbocycles. The van der Waals surface area contributed by atoms with Gasteiger partial charge in [-0.3, -0.25) is 10.1 Å². The van der Waals surface area contributed by atoms with Crippen LogP contribution >= 0.6 is 0 Å². The van der Waals surface area contributed by atoms with Crippen LogP contribution in [0.25, 0.3) is 11.0 Å². The predicted octanol–water partition coefficient (Wildman–Crippen LogP) is 2.29. The van der Waals surface area contributed by atoms with Crippen LogP contribution in [0.2, 0.25) is 0 Å². The van der Waals surface area contributed by atoms with Gasteiger partial charge in [-0.15, -0.1) is 0 Å². The summed E-state index contributed by atoms with van der Waals surface area (Å²) in [5, 5.41) is 10.7. The molecule has 0 saturated carbocycles. The third kappa shape index (κ3) is 3.32. The van der Waals surface area contributed by atoms with Crippen LogP contribution < -0.4 is 4.90 Å². The van der Waals surface area contributed by atoms with Gasteiger partial charge in [0.2, 0.25) is 16.0 Å². The van der Waals surface area contributed by atoms with Crippen molar-refractivity contribution in [1.29, 1.82) is 0 Å². The Kier molecular flexibility index (Phi) is 4.52. The summed E-state index contributed by atoms with van der Waals surface area (Å²) in [6.45, 7) is 3.66. The number of aryl methyl sites for hydroxylation is 1. The Hall–Kier alpha value is -2.98. The molecule has 3 aromatic rings. The molecule has 1 N–H and O–H groups in total. The third-order valence-corrected chi connectivity index (χ3v) is 6.76. The Morgan fingerprint density at radius 3 is 2.39 bits per heavy atom. The second kappa shape index (κ2) is 6.88. The molecule has 2 aromatic carbocycles. The number of H-pyrrole nitrogens is 1. The van der Waals surface area contributed by atoms with E-state index in [1.54, 1.807) is 0 Å². The molecule has 0 amide bonds. The first kappa shape index (κ1) is 18.4. The number of non-ortho nitro benzene ring substituents is 1. The number of hydrogen-bond acceptors (Lipinski definition) is 6. The summed E-state index contributed by atoms with van der Waals surface area (Å²) in [4.78, 5) is 20.2. The molecule has 1 fully saturated rings. The van der Waals surface area contributed by atoms with Crippen molar-refractivity contribution in [2.45, 2.75) is 11.8 Å². The lowest BCUT2D eigenvalue weighted by atomic mass is 10.2. The molecule has 0 unspecified atom stereocenters. The van der Waals surface area contributed by atoms with Crippen molar-refractivity contribution < 1.29 is 13.3 Å². The van der Waals surface area contributed by atoms with Crippen molar-refractivity contribution in [2.24, 2.45) is 0 Å². The van der Waals surface area contributed by atoms with Crippen LogP contribution in [-0.2, 0) is 10.0 Å². The van der Waals surface area contributed by atoms with Crippen molar-refractivity contribution in [1.82, 2.24) is 14.3 Å². The SMILES string of the molecule is Cc1ccc2nc(N3CCN(S(=O)(=O)c4ccc([N+](=O)[O-])cc4)CC3)[nH]c2c1. The van der Waals surface area contributed by atoms with E-state index in [4.69, 9.17) is 0 Å². The van der Waals surface area contributed by atoms with Crippen LogP contribution in [-0.4, -0.2) is 53.8 Å². The number of nitrogens with zero attached hydrogens (tertiary/aromatic N) is 4. The molecule has 1 aliphatic rings. The average Bonchev–Trinajstić information content (AvgIpc) is 3.11. The maximum absolute atomic E-state index is 12.8. The molecule has 146 valence electrons. The highest BCUT2D eigenvalue weighted by Gasteiger charge is 2.29. The van der Waals surface area contributed by atoms with Crippen molar-refractivity contribution >= 4 is 32.7 Å². The molecule has 28 heavy (non-hydrogen) atoms. The van der Waals surface area contributed by atoms with Crippen molar-refractivity contribution in [2.75, 3.05) is 31.1 Å². The molecule has 1 aliphatic heterocycles. The molecular weight excluding hydrogens is 382 g/mol. The molecule has 0 radical (unpaired) electrons. The smallest absolute Gasteiger partial charge is 0.269 e. The zero-order valence-corrected chi connectivity index (χ0v) is 16.0. The Morgan fingerprint density at radius 1 is 1.07 bits per heavy atom. The summed E-state index contributed by atoms with van der Waals surface area (Å²) in [6, 6.07) is 11.0. The molecule has 0 spiro atoms. The van der Waals surface area contributed by atoms with E-state index in [-0.39, 0.29) is 10.6 Å². The Bertz CT molecular complexity index is 1130.